The molecule has 0 aliphatic heterocycles. The molecule has 1 unspecified atom stereocenters. The summed E-state index contributed by atoms with van der Waals surface area (Å²) in [6.45, 7) is 2.63. The summed E-state index contributed by atoms with van der Waals surface area (Å²) >= 11 is 0. The number of ether oxygens (including phenoxy) is 1. The van der Waals surface area contributed by atoms with Gasteiger partial charge in [0.1, 0.15) is 17.9 Å². The molecular weight excluding hydrogens is 256 g/mol. The fraction of sp³-hybridized carbons (Fsp3) is 0.286. The molecule has 3 rings (SSSR count). The zero-order valence-electron chi connectivity index (χ0n) is 11.4. The summed E-state index contributed by atoms with van der Waals surface area (Å²) in [5.41, 5.74) is 0.777. The number of aromatic nitrogens is 3. The maximum Gasteiger partial charge on any atom is 0.176 e. The van der Waals surface area contributed by atoms with E-state index < -0.39 is 0 Å². The largest absolute Gasteiger partial charge is 0.493 e. The molecule has 2 aromatic heterocycles. The molecule has 0 spiro atoms. The standard InChI is InChI=1S/C14H16N4O2/c1-9(14-16-8-17-18-14)15-7-11-6-10-4-3-5-12(19-2)13(10)20-11/h3-6,8-9,15H,7H2,1-2H3,(H,16,17,18). The molecule has 20 heavy (non-hydrogen) atoms. The van der Waals surface area contributed by atoms with Crippen molar-refractivity contribution in [2.75, 3.05) is 7.11 Å². The second-order valence-corrected chi connectivity index (χ2v) is 4.56. The molecule has 0 saturated heterocycles. The number of furan rings is 1. The molecule has 0 fully saturated rings. The van der Waals surface area contributed by atoms with E-state index >= 15 is 0 Å². The molecule has 6 nitrogen and oxygen atoms in total. The van der Waals surface area contributed by atoms with E-state index in [4.69, 9.17) is 9.15 Å². The lowest BCUT2D eigenvalue weighted by molar-refractivity contribution is 0.404. The number of nitrogens with one attached hydrogen (secondary N) is 2. The molecule has 2 N–H and O–H groups in total. The highest BCUT2D eigenvalue weighted by Gasteiger charge is 2.11. The molecule has 0 amide bonds. The number of para-hydroxylation sites is 1. The zero-order chi connectivity index (χ0) is 13.9. The van der Waals surface area contributed by atoms with Crippen molar-refractivity contribution in [2.45, 2.75) is 19.5 Å². The van der Waals surface area contributed by atoms with Crippen molar-refractivity contribution in [1.29, 1.82) is 0 Å². The number of rotatable bonds is 5. The summed E-state index contributed by atoms with van der Waals surface area (Å²) in [7, 11) is 1.64. The van der Waals surface area contributed by atoms with E-state index in [1.807, 2.05) is 31.2 Å². The number of fused-ring (bicyclic) bond motifs is 1. The van der Waals surface area contributed by atoms with Crippen LogP contribution in [0.3, 0.4) is 0 Å². The third kappa shape index (κ3) is 2.37. The van der Waals surface area contributed by atoms with E-state index in [-0.39, 0.29) is 6.04 Å². The highest BCUT2D eigenvalue weighted by atomic mass is 16.5. The van der Waals surface area contributed by atoms with Crippen LogP contribution >= 0.6 is 0 Å². The summed E-state index contributed by atoms with van der Waals surface area (Å²) in [6.07, 6.45) is 1.50. The Balaban J connectivity index is 1.75. The van der Waals surface area contributed by atoms with E-state index in [0.717, 1.165) is 28.3 Å². The Kier molecular flexibility index (Phi) is 3.39. The van der Waals surface area contributed by atoms with Gasteiger partial charge in [0, 0.05) is 5.39 Å². The number of methoxy groups -OCH3 is 1. The molecule has 0 bridgehead atoms. The van der Waals surface area contributed by atoms with Crippen LogP contribution in [0.25, 0.3) is 11.0 Å². The van der Waals surface area contributed by atoms with Crippen LogP contribution in [0.1, 0.15) is 24.6 Å². The van der Waals surface area contributed by atoms with Crippen molar-refractivity contribution in [3.63, 3.8) is 0 Å². The highest BCUT2D eigenvalue weighted by Crippen LogP contribution is 2.28. The van der Waals surface area contributed by atoms with Crippen molar-refractivity contribution in [3.8, 4) is 5.75 Å². The predicted octanol–water partition coefficient (Wildman–Crippen LogP) is 2.41. The van der Waals surface area contributed by atoms with Crippen LogP contribution in [0.4, 0.5) is 0 Å². The zero-order valence-corrected chi connectivity index (χ0v) is 11.4. The SMILES string of the molecule is COc1cccc2cc(CNC(C)c3ncn[nH]3)oc12. The molecule has 0 aliphatic carbocycles. The fourth-order valence-corrected chi connectivity index (χ4v) is 2.11. The highest BCUT2D eigenvalue weighted by molar-refractivity contribution is 5.83. The first-order valence-electron chi connectivity index (χ1n) is 6.42. The van der Waals surface area contributed by atoms with Gasteiger partial charge in [-0.1, -0.05) is 12.1 Å². The molecular formula is C14H16N4O2. The fourth-order valence-electron chi connectivity index (χ4n) is 2.11. The first kappa shape index (κ1) is 12.7. The van der Waals surface area contributed by atoms with Gasteiger partial charge in [-0.15, -0.1) is 0 Å². The Hall–Kier alpha value is -2.34. The lowest BCUT2D eigenvalue weighted by atomic mass is 10.2. The van der Waals surface area contributed by atoms with Crippen LogP contribution in [0.2, 0.25) is 0 Å². The number of aromatic amines is 1. The molecule has 0 saturated carbocycles. The lowest BCUT2D eigenvalue weighted by Gasteiger charge is -2.08. The van der Waals surface area contributed by atoms with Gasteiger partial charge in [0.05, 0.1) is 19.7 Å². The molecule has 1 aromatic carbocycles. The molecule has 6 heteroatoms. The van der Waals surface area contributed by atoms with E-state index in [0.29, 0.717) is 6.54 Å². The summed E-state index contributed by atoms with van der Waals surface area (Å²) in [6, 6.07) is 7.93. The van der Waals surface area contributed by atoms with Crippen LogP contribution in [-0.2, 0) is 6.54 Å². The van der Waals surface area contributed by atoms with Gasteiger partial charge in [-0.3, -0.25) is 5.10 Å². The van der Waals surface area contributed by atoms with E-state index in [2.05, 4.69) is 20.5 Å². The molecule has 104 valence electrons. The van der Waals surface area contributed by atoms with Crippen LogP contribution in [0.5, 0.6) is 5.75 Å². The van der Waals surface area contributed by atoms with E-state index in [9.17, 15) is 0 Å². The van der Waals surface area contributed by atoms with Crippen molar-refractivity contribution in [1.82, 2.24) is 20.5 Å². The first-order valence-corrected chi connectivity index (χ1v) is 6.42. The maximum atomic E-state index is 5.82. The van der Waals surface area contributed by atoms with Gasteiger partial charge in [0.25, 0.3) is 0 Å². The minimum Gasteiger partial charge on any atom is -0.493 e. The Morgan fingerprint density at radius 2 is 2.35 bits per heavy atom. The van der Waals surface area contributed by atoms with Gasteiger partial charge < -0.3 is 14.5 Å². The number of benzene rings is 1. The quantitative estimate of drug-likeness (QED) is 0.746. The lowest BCUT2D eigenvalue weighted by Crippen LogP contribution is -2.18. The van der Waals surface area contributed by atoms with Crippen LogP contribution in [0, 0.1) is 0 Å². The Labute approximate surface area is 116 Å². The molecule has 0 radical (unpaired) electrons. The normalized spacial score (nSPS) is 12.7. The first-order chi connectivity index (χ1) is 9.78. The predicted molar refractivity (Wildman–Crippen MR) is 74.4 cm³/mol. The Morgan fingerprint density at radius 1 is 1.45 bits per heavy atom. The van der Waals surface area contributed by atoms with Crippen molar-refractivity contribution >= 4 is 11.0 Å². The third-order valence-corrected chi connectivity index (χ3v) is 3.21. The smallest absolute Gasteiger partial charge is 0.176 e. The second kappa shape index (κ2) is 5.34. The minimum absolute atomic E-state index is 0.0765. The molecule has 2 heterocycles. The van der Waals surface area contributed by atoms with Gasteiger partial charge in [-0.2, -0.15) is 5.10 Å². The molecule has 3 aromatic rings. The van der Waals surface area contributed by atoms with Crippen molar-refractivity contribution in [3.05, 3.63) is 42.2 Å². The van der Waals surface area contributed by atoms with Crippen LogP contribution in [0.15, 0.2) is 35.0 Å². The second-order valence-electron chi connectivity index (χ2n) is 4.56. The van der Waals surface area contributed by atoms with Gasteiger partial charge in [-0.25, -0.2) is 4.98 Å². The van der Waals surface area contributed by atoms with Gasteiger partial charge in [0.15, 0.2) is 11.3 Å². The van der Waals surface area contributed by atoms with E-state index in [1.165, 1.54) is 6.33 Å². The third-order valence-electron chi connectivity index (χ3n) is 3.21. The average molecular weight is 272 g/mol. The van der Waals surface area contributed by atoms with Gasteiger partial charge in [-0.05, 0) is 19.1 Å². The monoisotopic (exact) mass is 272 g/mol. The number of nitrogens with zero attached hydrogens (tertiary/aromatic N) is 2. The minimum atomic E-state index is 0.0765. The summed E-state index contributed by atoms with van der Waals surface area (Å²) in [5, 5.41) is 11.1. The van der Waals surface area contributed by atoms with Crippen LogP contribution in [-0.4, -0.2) is 22.3 Å². The molecule has 1 atom stereocenters. The summed E-state index contributed by atoms with van der Waals surface area (Å²) in [4.78, 5) is 4.12. The van der Waals surface area contributed by atoms with Crippen LogP contribution < -0.4 is 10.1 Å². The number of H-pyrrole nitrogens is 1. The van der Waals surface area contributed by atoms with Crippen molar-refractivity contribution in [2.24, 2.45) is 0 Å². The maximum absolute atomic E-state index is 5.82. The number of hydrogen-bond acceptors (Lipinski definition) is 5. The molecule has 0 aliphatic rings. The number of hydrogen-bond donors (Lipinski definition) is 2. The Morgan fingerprint density at radius 3 is 3.10 bits per heavy atom. The Bertz CT molecular complexity index is 690. The van der Waals surface area contributed by atoms with E-state index in [1.54, 1.807) is 7.11 Å². The van der Waals surface area contributed by atoms with Gasteiger partial charge >= 0.3 is 0 Å². The van der Waals surface area contributed by atoms with Gasteiger partial charge in [0.2, 0.25) is 0 Å². The average Bonchev–Trinajstić information content (AvgIpc) is 3.12. The summed E-state index contributed by atoms with van der Waals surface area (Å²) in [5.74, 6) is 2.41. The topological polar surface area (TPSA) is 76.0 Å². The van der Waals surface area contributed by atoms with Crippen molar-refractivity contribution < 1.29 is 9.15 Å². The summed E-state index contributed by atoms with van der Waals surface area (Å²) < 4.78 is 11.1.